The molecule has 1 aliphatic heterocycles. The van der Waals surface area contributed by atoms with E-state index >= 15 is 0 Å². The van der Waals surface area contributed by atoms with Gasteiger partial charge in [0.1, 0.15) is 35.6 Å². The minimum absolute atomic E-state index is 0.107. The van der Waals surface area contributed by atoms with E-state index in [1.54, 1.807) is 22.6 Å². The molecule has 1 saturated heterocycles. The van der Waals surface area contributed by atoms with Gasteiger partial charge in [-0.1, -0.05) is 25.6 Å². The smallest absolute Gasteiger partial charge is 0.331 e. The summed E-state index contributed by atoms with van der Waals surface area (Å²) in [5, 5.41) is 29.1. The molecular formula is C14H19IN2O6Si. The van der Waals surface area contributed by atoms with Crippen LogP contribution in [0.1, 0.15) is 11.8 Å². The summed E-state index contributed by atoms with van der Waals surface area (Å²) >= 11 is 1.79. The zero-order valence-electron chi connectivity index (χ0n) is 13.4. The van der Waals surface area contributed by atoms with Gasteiger partial charge in [0.05, 0.1) is 6.61 Å². The van der Waals surface area contributed by atoms with Gasteiger partial charge in [0.2, 0.25) is 0 Å². The van der Waals surface area contributed by atoms with E-state index in [4.69, 9.17) is 9.84 Å². The monoisotopic (exact) mass is 466 g/mol. The van der Waals surface area contributed by atoms with Crippen LogP contribution in [0, 0.1) is 15.2 Å². The van der Waals surface area contributed by atoms with Crippen molar-refractivity contribution in [1.82, 2.24) is 9.55 Å². The molecule has 4 atom stereocenters. The molecule has 0 spiro atoms. The Kier molecular flexibility index (Phi) is 5.73. The molecule has 0 aliphatic carbocycles. The first-order valence-electron chi connectivity index (χ1n) is 7.26. The maximum atomic E-state index is 12.2. The van der Waals surface area contributed by atoms with Gasteiger partial charge in [-0.25, -0.2) is 4.79 Å². The lowest BCUT2D eigenvalue weighted by atomic mass is 10.1. The van der Waals surface area contributed by atoms with Crippen molar-refractivity contribution in [2.24, 2.45) is 0 Å². The van der Waals surface area contributed by atoms with E-state index in [-0.39, 0.29) is 9.26 Å². The maximum Gasteiger partial charge on any atom is 0.331 e. The fraction of sp³-hybridized carbons (Fsp3) is 0.571. The molecule has 0 saturated carbocycles. The van der Waals surface area contributed by atoms with Crippen LogP contribution in [-0.4, -0.2) is 57.9 Å². The average Bonchev–Trinajstić information content (AvgIpc) is 2.73. The number of nitrogens with zero attached hydrogens (tertiary/aromatic N) is 1. The summed E-state index contributed by atoms with van der Waals surface area (Å²) in [5.41, 5.74) is 1.77. The van der Waals surface area contributed by atoms with Crippen LogP contribution in [0.2, 0.25) is 19.6 Å². The van der Waals surface area contributed by atoms with Gasteiger partial charge >= 0.3 is 5.69 Å². The molecule has 0 bridgehead atoms. The lowest BCUT2D eigenvalue weighted by Crippen LogP contribution is -2.40. The molecule has 2 rings (SSSR count). The van der Waals surface area contributed by atoms with Crippen LogP contribution in [-0.2, 0) is 4.74 Å². The predicted molar refractivity (Wildman–Crippen MR) is 97.3 cm³/mol. The van der Waals surface area contributed by atoms with Crippen LogP contribution in [0.5, 0.6) is 0 Å². The van der Waals surface area contributed by atoms with Gasteiger partial charge in [-0.05, 0) is 22.6 Å². The highest BCUT2D eigenvalue weighted by atomic mass is 127. The van der Waals surface area contributed by atoms with E-state index < -0.39 is 50.5 Å². The molecule has 10 heteroatoms. The molecule has 1 aromatic heterocycles. The number of hydrogen-bond acceptors (Lipinski definition) is 6. The molecule has 1 aromatic rings. The van der Waals surface area contributed by atoms with E-state index in [2.05, 4.69) is 16.4 Å². The number of aliphatic hydroxyl groups excluding tert-OH is 3. The minimum atomic E-state index is -1.75. The van der Waals surface area contributed by atoms with Crippen molar-refractivity contribution in [2.45, 2.75) is 44.2 Å². The zero-order valence-corrected chi connectivity index (χ0v) is 16.6. The van der Waals surface area contributed by atoms with E-state index in [9.17, 15) is 19.8 Å². The zero-order chi connectivity index (χ0) is 18.2. The second kappa shape index (κ2) is 7.10. The van der Waals surface area contributed by atoms with Gasteiger partial charge in [-0.15, -0.1) is 5.54 Å². The lowest BCUT2D eigenvalue weighted by Gasteiger charge is -2.19. The van der Waals surface area contributed by atoms with E-state index in [0.29, 0.717) is 0 Å². The Morgan fingerprint density at radius 2 is 1.92 bits per heavy atom. The Labute approximate surface area is 152 Å². The topological polar surface area (TPSA) is 125 Å². The van der Waals surface area contributed by atoms with Crippen molar-refractivity contribution in [3.05, 3.63) is 30.1 Å². The first kappa shape index (κ1) is 19.4. The largest absolute Gasteiger partial charge is 0.394 e. The SMILES string of the molecule is C[Si](C)(C)C#Cc1c(I)n([C@@H]2O[C@H](CO)[C@@H](O)[C@H]2O)c(=O)[nH]c1=O. The molecule has 1 aliphatic rings. The molecule has 2 heterocycles. The highest BCUT2D eigenvalue weighted by Gasteiger charge is 2.44. The van der Waals surface area contributed by atoms with Crippen molar-refractivity contribution >= 4 is 30.7 Å². The Morgan fingerprint density at radius 3 is 2.42 bits per heavy atom. The van der Waals surface area contributed by atoms with Crippen LogP contribution in [0.15, 0.2) is 9.59 Å². The number of hydrogen-bond donors (Lipinski definition) is 4. The highest BCUT2D eigenvalue weighted by molar-refractivity contribution is 14.1. The number of H-pyrrole nitrogens is 1. The van der Waals surface area contributed by atoms with Gasteiger partial charge in [-0.2, -0.15) is 0 Å². The van der Waals surface area contributed by atoms with Gasteiger partial charge in [-0.3, -0.25) is 14.3 Å². The van der Waals surface area contributed by atoms with Crippen molar-refractivity contribution in [1.29, 1.82) is 0 Å². The number of halogens is 1. The summed E-state index contributed by atoms with van der Waals surface area (Å²) in [4.78, 5) is 26.4. The van der Waals surface area contributed by atoms with Crippen LogP contribution >= 0.6 is 22.6 Å². The Hall–Kier alpha value is -0.973. The second-order valence-electron chi connectivity index (χ2n) is 6.52. The number of ether oxygens (including phenoxy) is 1. The van der Waals surface area contributed by atoms with E-state index in [1.165, 1.54) is 0 Å². The lowest BCUT2D eigenvalue weighted by molar-refractivity contribution is -0.0563. The van der Waals surface area contributed by atoms with Gasteiger partial charge in [0, 0.05) is 0 Å². The van der Waals surface area contributed by atoms with Gasteiger partial charge in [0.25, 0.3) is 5.56 Å². The molecule has 8 nitrogen and oxygen atoms in total. The number of aromatic nitrogens is 2. The molecule has 24 heavy (non-hydrogen) atoms. The molecule has 132 valence electrons. The molecule has 4 N–H and O–H groups in total. The Bertz CT molecular complexity index is 803. The molecule has 0 amide bonds. The van der Waals surface area contributed by atoms with Crippen molar-refractivity contribution in [3.63, 3.8) is 0 Å². The maximum absolute atomic E-state index is 12.2. The highest BCUT2D eigenvalue weighted by Crippen LogP contribution is 2.29. The predicted octanol–water partition coefficient (Wildman–Crippen LogP) is -1.02. The molecule has 1 fully saturated rings. The Morgan fingerprint density at radius 1 is 1.29 bits per heavy atom. The summed E-state index contributed by atoms with van der Waals surface area (Å²) in [6.45, 7) is 5.54. The fourth-order valence-corrected chi connectivity index (χ4v) is 3.58. The van der Waals surface area contributed by atoms with Gasteiger partial charge < -0.3 is 20.1 Å². The van der Waals surface area contributed by atoms with Crippen LogP contribution < -0.4 is 11.2 Å². The number of rotatable bonds is 2. The van der Waals surface area contributed by atoms with Crippen molar-refractivity contribution in [3.8, 4) is 11.5 Å². The molecular weight excluding hydrogens is 447 g/mol. The summed E-state index contributed by atoms with van der Waals surface area (Å²) in [6.07, 6.45) is -5.00. The van der Waals surface area contributed by atoms with Crippen molar-refractivity contribution in [2.75, 3.05) is 6.61 Å². The first-order valence-corrected chi connectivity index (χ1v) is 11.8. The van der Waals surface area contributed by atoms with Crippen molar-refractivity contribution < 1.29 is 20.1 Å². The second-order valence-corrected chi connectivity index (χ2v) is 12.3. The number of nitrogens with one attached hydrogen (secondary N) is 1. The third kappa shape index (κ3) is 3.81. The standard InChI is InChI=1S/C14H19IN2O6Si/c1-24(2,3)5-4-7-11(15)17(14(22)16-12(7)21)13-10(20)9(19)8(6-18)23-13/h8-10,13,18-20H,6H2,1-3H3,(H,16,21,22)/t8-,9-,10-,13-/m1/s1. The van der Waals surface area contributed by atoms with Crippen LogP contribution in [0.4, 0.5) is 0 Å². The third-order valence-electron chi connectivity index (χ3n) is 3.42. The number of aromatic amines is 1. The van der Waals surface area contributed by atoms with Gasteiger partial charge in [0.15, 0.2) is 6.23 Å². The minimum Gasteiger partial charge on any atom is -0.394 e. The molecule has 0 aromatic carbocycles. The van der Waals surface area contributed by atoms with E-state index in [0.717, 1.165) is 4.57 Å². The summed E-state index contributed by atoms with van der Waals surface area (Å²) < 4.78 is 6.62. The summed E-state index contributed by atoms with van der Waals surface area (Å²) in [5.74, 6) is 2.82. The van der Waals surface area contributed by atoms with Crippen LogP contribution in [0.25, 0.3) is 0 Å². The Balaban J connectivity index is 2.58. The first-order chi connectivity index (χ1) is 11.1. The summed E-state index contributed by atoms with van der Waals surface area (Å²) in [7, 11) is -1.75. The molecule has 0 radical (unpaired) electrons. The summed E-state index contributed by atoms with van der Waals surface area (Å²) in [6, 6.07) is 0. The fourth-order valence-electron chi connectivity index (χ4n) is 2.20. The van der Waals surface area contributed by atoms with E-state index in [1.807, 2.05) is 19.6 Å². The third-order valence-corrected chi connectivity index (χ3v) is 5.35. The quantitative estimate of drug-likeness (QED) is 0.192. The van der Waals surface area contributed by atoms with Crippen LogP contribution in [0.3, 0.4) is 0 Å². The number of aliphatic hydroxyl groups is 3. The normalized spacial score (nSPS) is 27.0. The molecule has 0 unspecified atom stereocenters. The average molecular weight is 466 g/mol.